The van der Waals surface area contributed by atoms with Gasteiger partial charge in [-0.25, -0.2) is 0 Å². The average Bonchev–Trinajstić information content (AvgIpc) is 2.70. The number of hydrogen-bond acceptors (Lipinski definition) is 3. The normalized spacial score (nSPS) is 11.6. The quantitative estimate of drug-likeness (QED) is 0.346. The van der Waals surface area contributed by atoms with Crippen LogP contribution in [0.1, 0.15) is 22.4 Å². The maximum atomic E-state index is 6.23. The van der Waals surface area contributed by atoms with Crippen molar-refractivity contribution in [3.63, 3.8) is 0 Å². The molecule has 0 aliphatic carbocycles. The second kappa shape index (κ2) is 9.45. The first kappa shape index (κ1) is 21.4. The van der Waals surface area contributed by atoms with Gasteiger partial charge in [0.1, 0.15) is 0 Å². The third-order valence-electron chi connectivity index (χ3n) is 3.69. The van der Waals surface area contributed by atoms with Gasteiger partial charge in [0.05, 0.1) is 42.0 Å². The van der Waals surface area contributed by atoms with Crippen molar-refractivity contribution in [3.05, 3.63) is 83.0 Å². The number of benzene rings is 2. The van der Waals surface area contributed by atoms with E-state index in [1.54, 1.807) is 54.8 Å². The minimum atomic E-state index is 0.292. The number of hydrogen-bond donors (Lipinski definition) is 0. The van der Waals surface area contributed by atoms with Crippen LogP contribution < -0.4 is 0 Å². The highest BCUT2D eigenvalue weighted by molar-refractivity contribution is 6.49. The zero-order valence-electron chi connectivity index (χ0n) is 13.8. The van der Waals surface area contributed by atoms with Gasteiger partial charge < -0.3 is 0 Å². The van der Waals surface area contributed by atoms with Crippen LogP contribution in [-0.2, 0) is 0 Å². The molecule has 1 aromatic heterocycles. The van der Waals surface area contributed by atoms with Crippen LogP contribution in [0.4, 0.5) is 0 Å². The first-order valence-electron chi connectivity index (χ1n) is 7.70. The van der Waals surface area contributed by atoms with Gasteiger partial charge in [-0.2, -0.15) is 0 Å². The Morgan fingerprint density at radius 1 is 0.571 bits per heavy atom. The number of nitrogens with zero attached hydrogens (tertiary/aromatic N) is 3. The summed E-state index contributed by atoms with van der Waals surface area (Å²) in [6, 6.07) is 6.86. The average molecular weight is 492 g/mol. The van der Waals surface area contributed by atoms with Crippen molar-refractivity contribution in [3.8, 4) is 0 Å². The highest BCUT2D eigenvalue weighted by Gasteiger charge is 2.08. The molecule has 3 rings (SSSR count). The summed E-state index contributed by atoms with van der Waals surface area (Å²) in [5.41, 5.74) is 2.68. The van der Waals surface area contributed by atoms with E-state index in [-0.39, 0.29) is 0 Å². The van der Waals surface area contributed by atoms with Gasteiger partial charge in [0.15, 0.2) is 0 Å². The summed E-state index contributed by atoms with van der Waals surface area (Å²) in [5, 5.41) is 13.6. The molecule has 28 heavy (non-hydrogen) atoms. The van der Waals surface area contributed by atoms with Crippen LogP contribution in [0.15, 0.2) is 30.5 Å². The maximum Gasteiger partial charge on any atom is 0.0963 e. The summed E-state index contributed by atoms with van der Waals surface area (Å²) < 4.78 is 0. The van der Waals surface area contributed by atoms with Gasteiger partial charge in [-0.05, 0) is 34.5 Å². The predicted molar refractivity (Wildman–Crippen MR) is 121 cm³/mol. The topological polar surface area (TPSA) is 38.7 Å². The molecule has 0 atom stereocenters. The Morgan fingerprint density at radius 3 is 1.64 bits per heavy atom. The highest BCUT2D eigenvalue weighted by atomic mass is 35.5. The van der Waals surface area contributed by atoms with Crippen molar-refractivity contribution in [2.24, 2.45) is 0 Å². The summed E-state index contributed by atoms with van der Waals surface area (Å²) in [7, 11) is 0. The van der Waals surface area contributed by atoms with E-state index in [1.807, 2.05) is 0 Å². The Labute approximate surface area is 191 Å². The Bertz CT molecular complexity index is 1010. The molecule has 142 valence electrons. The third-order valence-corrected chi connectivity index (χ3v) is 6.31. The van der Waals surface area contributed by atoms with Crippen LogP contribution in [0.5, 0.6) is 0 Å². The fourth-order valence-electron chi connectivity index (χ4n) is 2.23. The fraction of sp³-hybridized carbons (Fsp3) is 0. The van der Waals surface area contributed by atoms with Crippen LogP contribution in [-0.4, -0.2) is 15.4 Å². The van der Waals surface area contributed by atoms with Crippen molar-refractivity contribution in [1.29, 1.82) is 0 Å². The molecule has 0 radical (unpaired) electrons. The van der Waals surface area contributed by atoms with Gasteiger partial charge in [-0.1, -0.05) is 100.0 Å². The van der Waals surface area contributed by atoms with Gasteiger partial charge in [0.25, 0.3) is 0 Å². The Morgan fingerprint density at radius 2 is 1.07 bits per heavy atom. The first-order chi connectivity index (χ1) is 13.4. The van der Waals surface area contributed by atoms with Crippen molar-refractivity contribution in [1.82, 2.24) is 15.4 Å². The van der Waals surface area contributed by atoms with Crippen molar-refractivity contribution >= 4 is 93.9 Å². The molecule has 0 aliphatic rings. The summed E-state index contributed by atoms with van der Waals surface area (Å²) >= 11 is 36.5. The fourth-order valence-corrected chi connectivity index (χ4v) is 3.44. The molecule has 0 amide bonds. The highest BCUT2D eigenvalue weighted by Crippen LogP contribution is 2.34. The van der Waals surface area contributed by atoms with Gasteiger partial charge >= 0.3 is 0 Å². The lowest BCUT2D eigenvalue weighted by atomic mass is 10.1. The van der Waals surface area contributed by atoms with E-state index < -0.39 is 0 Å². The molecule has 1 heterocycles. The monoisotopic (exact) mass is 489 g/mol. The molecule has 2 aromatic carbocycles. The van der Waals surface area contributed by atoms with E-state index in [0.717, 1.165) is 0 Å². The van der Waals surface area contributed by atoms with Gasteiger partial charge in [-0.3, -0.25) is 0 Å². The molecular formula is C19H9Cl6N3. The Balaban J connectivity index is 1.92. The second-order valence-corrected chi connectivity index (χ2v) is 7.80. The van der Waals surface area contributed by atoms with Crippen molar-refractivity contribution in [2.75, 3.05) is 0 Å². The molecule has 0 fully saturated rings. The molecule has 0 saturated heterocycles. The van der Waals surface area contributed by atoms with Crippen LogP contribution in [0.2, 0.25) is 30.1 Å². The Kier molecular flexibility index (Phi) is 7.21. The van der Waals surface area contributed by atoms with E-state index in [0.29, 0.717) is 52.5 Å². The lowest BCUT2D eigenvalue weighted by Crippen LogP contribution is -1.93. The van der Waals surface area contributed by atoms with Crippen LogP contribution in [0.3, 0.4) is 0 Å². The molecule has 3 nitrogen and oxygen atoms in total. The van der Waals surface area contributed by atoms with E-state index >= 15 is 0 Å². The first-order valence-corrected chi connectivity index (χ1v) is 9.96. The van der Waals surface area contributed by atoms with Crippen molar-refractivity contribution in [2.45, 2.75) is 0 Å². The maximum absolute atomic E-state index is 6.23. The molecule has 3 aromatic rings. The van der Waals surface area contributed by atoms with Gasteiger partial charge in [0, 0.05) is 5.56 Å². The van der Waals surface area contributed by atoms with Gasteiger partial charge in [-0.15, -0.1) is 10.2 Å². The SMILES string of the molecule is Clc1ccc(C=Cc2cnnnc2C=Cc2ccc(Cl)c(Cl)c2Cl)c(Cl)c1Cl. The lowest BCUT2D eigenvalue weighted by molar-refractivity contribution is 0.854. The van der Waals surface area contributed by atoms with E-state index in [2.05, 4.69) is 15.4 Å². The molecule has 0 bridgehead atoms. The van der Waals surface area contributed by atoms with Crippen LogP contribution >= 0.6 is 69.6 Å². The third kappa shape index (κ3) is 4.80. The molecular weight excluding hydrogens is 483 g/mol. The smallest absolute Gasteiger partial charge is 0.0963 e. The minimum absolute atomic E-state index is 0.292. The van der Waals surface area contributed by atoms with E-state index in [9.17, 15) is 0 Å². The summed E-state index contributed by atoms with van der Waals surface area (Å²) in [6.45, 7) is 0. The molecule has 0 N–H and O–H groups in total. The van der Waals surface area contributed by atoms with Gasteiger partial charge in [0.2, 0.25) is 0 Å². The predicted octanol–water partition coefficient (Wildman–Crippen LogP) is 8.13. The number of halogens is 6. The number of aromatic nitrogens is 3. The summed E-state index contributed by atoms with van der Waals surface area (Å²) in [4.78, 5) is 0. The molecule has 0 spiro atoms. The van der Waals surface area contributed by atoms with Crippen molar-refractivity contribution < 1.29 is 0 Å². The van der Waals surface area contributed by atoms with E-state index in [1.165, 1.54) is 0 Å². The van der Waals surface area contributed by atoms with Crippen LogP contribution in [0.25, 0.3) is 24.3 Å². The Hall–Kier alpha value is -1.33. The molecule has 0 aliphatic heterocycles. The summed E-state index contributed by atoms with van der Waals surface area (Å²) in [6.07, 6.45) is 8.66. The minimum Gasteiger partial charge on any atom is -0.138 e. The second-order valence-electron chi connectivity index (χ2n) is 5.47. The van der Waals surface area contributed by atoms with Crippen LogP contribution in [0, 0.1) is 0 Å². The standard InChI is InChI=1S/C19H9Cl6N3/c20-13-6-3-10(16(22)18(13)24)1-2-12-9-26-28-27-15(12)8-5-11-4-7-14(21)19(25)17(11)23/h1-9H. The molecule has 0 saturated carbocycles. The summed E-state index contributed by atoms with van der Waals surface area (Å²) in [5.74, 6) is 0. The zero-order chi connectivity index (χ0) is 20.3. The zero-order valence-corrected chi connectivity index (χ0v) is 18.3. The largest absolute Gasteiger partial charge is 0.138 e. The number of rotatable bonds is 4. The molecule has 0 unspecified atom stereocenters. The van der Waals surface area contributed by atoms with E-state index in [4.69, 9.17) is 69.6 Å². The molecule has 9 heteroatoms. The lowest BCUT2D eigenvalue weighted by Gasteiger charge is -2.04.